The minimum atomic E-state index is -0.725. The molecule has 2 aliphatic carbocycles. The van der Waals surface area contributed by atoms with Gasteiger partial charge in [0.25, 0.3) is 0 Å². The van der Waals surface area contributed by atoms with Crippen LogP contribution in [-0.2, 0) is 0 Å². The molecule has 0 spiro atoms. The average Bonchev–Trinajstić information content (AvgIpc) is 3.53. The van der Waals surface area contributed by atoms with Crippen LogP contribution in [-0.4, -0.2) is 47.6 Å². The van der Waals surface area contributed by atoms with Crippen molar-refractivity contribution >= 4 is 40.1 Å². The standard InChI is InChI=1S/C25H26Cl2N4O3/c1-4-20(32)29-17-9-13-8-15(13)24(17)31-25-28-11-14-7-12(5-6-16(14)30-25)21-22(26)18(33-2)10-19(34-3)23(21)27/h4-7,10-11,13,15,17,20,24,29,32H,1,8-9H2,2-3H3,(H,28,30,31)/t13-,15-,17-,20?,24+/m0/s1. The molecule has 1 aromatic heterocycles. The van der Waals surface area contributed by atoms with Gasteiger partial charge in [0.2, 0.25) is 5.95 Å². The number of aromatic nitrogens is 2. The molecule has 0 bridgehead atoms. The topological polar surface area (TPSA) is 88.5 Å². The zero-order valence-electron chi connectivity index (χ0n) is 18.9. The van der Waals surface area contributed by atoms with E-state index in [1.165, 1.54) is 12.5 Å². The van der Waals surface area contributed by atoms with E-state index in [0.717, 1.165) is 22.9 Å². The average molecular weight is 501 g/mol. The van der Waals surface area contributed by atoms with E-state index in [-0.39, 0.29) is 12.1 Å². The summed E-state index contributed by atoms with van der Waals surface area (Å²) in [6.45, 7) is 3.65. The van der Waals surface area contributed by atoms with E-state index in [9.17, 15) is 5.11 Å². The van der Waals surface area contributed by atoms with Gasteiger partial charge in [-0.3, -0.25) is 5.32 Å². The van der Waals surface area contributed by atoms with Gasteiger partial charge in [0, 0.05) is 35.3 Å². The van der Waals surface area contributed by atoms with Gasteiger partial charge in [-0.1, -0.05) is 35.8 Å². The molecule has 5 rings (SSSR count). The molecule has 7 nitrogen and oxygen atoms in total. The Hall–Kier alpha value is -2.58. The second-order valence-corrected chi connectivity index (χ2v) is 9.53. The Labute approximate surface area is 208 Å². The molecule has 9 heteroatoms. The maximum Gasteiger partial charge on any atom is 0.223 e. The molecule has 2 saturated carbocycles. The summed E-state index contributed by atoms with van der Waals surface area (Å²) >= 11 is 13.2. The third-order valence-electron chi connectivity index (χ3n) is 6.77. The van der Waals surface area contributed by atoms with Crippen molar-refractivity contribution in [3.8, 4) is 22.6 Å². The maximum atomic E-state index is 9.95. The summed E-state index contributed by atoms with van der Waals surface area (Å²) in [6, 6.07) is 7.76. The largest absolute Gasteiger partial charge is 0.495 e. The van der Waals surface area contributed by atoms with Crippen LogP contribution in [0.4, 0.5) is 5.95 Å². The normalized spacial score (nSPS) is 23.9. The first-order chi connectivity index (χ1) is 16.4. The fourth-order valence-corrected chi connectivity index (χ4v) is 5.69. The number of halogens is 2. The summed E-state index contributed by atoms with van der Waals surface area (Å²) in [5.41, 5.74) is 2.23. The lowest BCUT2D eigenvalue weighted by Gasteiger charge is -2.26. The Balaban J connectivity index is 1.43. The number of nitrogens with one attached hydrogen (secondary N) is 2. The monoisotopic (exact) mass is 500 g/mol. The molecule has 0 saturated heterocycles. The second kappa shape index (κ2) is 9.23. The number of ether oxygens (including phenoxy) is 2. The van der Waals surface area contributed by atoms with Gasteiger partial charge in [-0.2, -0.15) is 0 Å². The molecule has 34 heavy (non-hydrogen) atoms. The van der Waals surface area contributed by atoms with Gasteiger partial charge in [0.1, 0.15) is 17.7 Å². The van der Waals surface area contributed by atoms with Gasteiger partial charge in [-0.05, 0) is 48.4 Å². The number of methoxy groups -OCH3 is 2. The molecule has 3 aromatic rings. The highest BCUT2D eigenvalue weighted by Gasteiger charge is 2.53. The van der Waals surface area contributed by atoms with E-state index in [4.69, 9.17) is 37.7 Å². The number of rotatable bonds is 8. The molecule has 1 unspecified atom stereocenters. The number of hydrogen-bond acceptors (Lipinski definition) is 7. The van der Waals surface area contributed by atoms with Crippen molar-refractivity contribution in [2.45, 2.75) is 31.2 Å². The first kappa shape index (κ1) is 23.2. The van der Waals surface area contributed by atoms with Crippen molar-refractivity contribution in [1.29, 1.82) is 0 Å². The molecule has 1 heterocycles. The number of nitrogens with zero attached hydrogens (tertiary/aromatic N) is 2. The molecule has 0 radical (unpaired) electrons. The number of benzene rings is 2. The summed E-state index contributed by atoms with van der Waals surface area (Å²) in [7, 11) is 3.10. The third kappa shape index (κ3) is 4.18. The van der Waals surface area contributed by atoms with E-state index in [0.29, 0.717) is 44.9 Å². The fourth-order valence-electron chi connectivity index (χ4n) is 4.97. The minimum absolute atomic E-state index is 0.144. The van der Waals surface area contributed by atoms with Gasteiger partial charge in [-0.15, -0.1) is 0 Å². The molecule has 2 aromatic carbocycles. The van der Waals surface area contributed by atoms with Crippen LogP contribution < -0.4 is 20.1 Å². The van der Waals surface area contributed by atoms with Crippen molar-refractivity contribution in [2.24, 2.45) is 11.8 Å². The van der Waals surface area contributed by atoms with Crippen LogP contribution >= 0.6 is 23.2 Å². The number of hydrogen-bond donors (Lipinski definition) is 3. The van der Waals surface area contributed by atoms with E-state index >= 15 is 0 Å². The number of anilines is 1. The van der Waals surface area contributed by atoms with Gasteiger partial charge in [0.15, 0.2) is 0 Å². The molecular formula is C25H26Cl2N4O3. The van der Waals surface area contributed by atoms with Gasteiger partial charge < -0.3 is 19.9 Å². The minimum Gasteiger partial charge on any atom is -0.495 e. The zero-order valence-corrected chi connectivity index (χ0v) is 20.4. The van der Waals surface area contributed by atoms with Crippen molar-refractivity contribution in [2.75, 3.05) is 19.5 Å². The number of aliphatic hydroxyl groups excluding tert-OH is 1. The van der Waals surface area contributed by atoms with Crippen LogP contribution in [0.2, 0.25) is 10.0 Å². The van der Waals surface area contributed by atoms with Crippen LogP contribution in [0.1, 0.15) is 12.8 Å². The Morgan fingerprint density at radius 2 is 1.88 bits per heavy atom. The molecule has 3 N–H and O–H groups in total. The summed E-state index contributed by atoms with van der Waals surface area (Å²) in [5.74, 6) is 2.78. The highest BCUT2D eigenvalue weighted by Crippen LogP contribution is 2.52. The highest BCUT2D eigenvalue weighted by atomic mass is 35.5. The predicted octanol–water partition coefficient (Wildman–Crippen LogP) is 4.90. The SMILES string of the molecule is C=CC(O)N[C@H]1C[C@@H]2C[C@@H]2[C@H]1Nc1ncc2cc(-c3c(Cl)c(OC)cc(OC)c3Cl)ccc2n1. The van der Waals surface area contributed by atoms with Gasteiger partial charge >= 0.3 is 0 Å². The zero-order chi connectivity index (χ0) is 24.0. The van der Waals surface area contributed by atoms with Gasteiger partial charge in [0.05, 0.1) is 29.8 Å². The smallest absolute Gasteiger partial charge is 0.223 e. The second-order valence-electron chi connectivity index (χ2n) is 8.77. The van der Waals surface area contributed by atoms with E-state index in [2.05, 4.69) is 22.2 Å². The first-order valence-electron chi connectivity index (χ1n) is 11.1. The summed E-state index contributed by atoms with van der Waals surface area (Å²) in [4.78, 5) is 9.28. The first-order valence-corrected chi connectivity index (χ1v) is 11.9. The van der Waals surface area contributed by atoms with Crippen LogP contribution in [0, 0.1) is 11.8 Å². The predicted molar refractivity (Wildman–Crippen MR) is 135 cm³/mol. The maximum absolute atomic E-state index is 9.95. The lowest BCUT2D eigenvalue weighted by atomic mass is 10.0. The van der Waals surface area contributed by atoms with Crippen molar-refractivity contribution in [3.63, 3.8) is 0 Å². The van der Waals surface area contributed by atoms with Crippen molar-refractivity contribution < 1.29 is 14.6 Å². The third-order valence-corrected chi connectivity index (χ3v) is 7.53. The lowest BCUT2D eigenvalue weighted by Crippen LogP contribution is -2.46. The summed E-state index contributed by atoms with van der Waals surface area (Å²) in [6.07, 6.45) is 4.78. The van der Waals surface area contributed by atoms with Crippen LogP contribution in [0.25, 0.3) is 22.0 Å². The Bertz CT molecular complexity index is 1230. The van der Waals surface area contributed by atoms with E-state index < -0.39 is 6.23 Å². The van der Waals surface area contributed by atoms with E-state index in [1.807, 2.05) is 18.2 Å². The molecule has 5 atom stereocenters. The van der Waals surface area contributed by atoms with Crippen LogP contribution in [0.3, 0.4) is 0 Å². The quantitative estimate of drug-likeness (QED) is 0.299. The molecular weight excluding hydrogens is 475 g/mol. The summed E-state index contributed by atoms with van der Waals surface area (Å²) in [5, 5.41) is 18.3. The molecule has 0 aliphatic heterocycles. The highest BCUT2D eigenvalue weighted by molar-refractivity contribution is 6.41. The van der Waals surface area contributed by atoms with Crippen LogP contribution in [0.15, 0.2) is 43.1 Å². The number of fused-ring (bicyclic) bond motifs is 2. The Morgan fingerprint density at radius 3 is 2.56 bits per heavy atom. The van der Waals surface area contributed by atoms with Crippen LogP contribution in [0.5, 0.6) is 11.5 Å². The van der Waals surface area contributed by atoms with Gasteiger partial charge in [-0.25, -0.2) is 9.97 Å². The van der Waals surface area contributed by atoms with E-state index in [1.54, 1.807) is 26.5 Å². The molecule has 178 valence electrons. The fraction of sp³-hybridized carbons (Fsp3) is 0.360. The Morgan fingerprint density at radius 1 is 1.15 bits per heavy atom. The lowest BCUT2D eigenvalue weighted by molar-refractivity contribution is 0.162. The summed E-state index contributed by atoms with van der Waals surface area (Å²) < 4.78 is 10.8. The molecule has 0 amide bonds. The number of aliphatic hydroxyl groups is 1. The molecule has 2 fully saturated rings. The van der Waals surface area contributed by atoms with Crippen molar-refractivity contribution in [1.82, 2.24) is 15.3 Å². The Kier molecular flexibility index (Phi) is 6.29. The molecule has 2 aliphatic rings. The van der Waals surface area contributed by atoms with Crippen molar-refractivity contribution in [3.05, 3.63) is 53.2 Å².